The largest absolute Gasteiger partial charge is 0.394 e. The quantitative estimate of drug-likeness (QED) is 0.121. The van der Waals surface area contributed by atoms with Gasteiger partial charge in [0.05, 0.1) is 106 Å². The number of aliphatic hydroxyl groups excluding tert-OH is 1. The van der Waals surface area contributed by atoms with Crippen LogP contribution in [-0.4, -0.2) is 117 Å². The van der Waals surface area contributed by atoms with Gasteiger partial charge in [0.15, 0.2) is 0 Å². The first-order valence-corrected chi connectivity index (χ1v) is 14.6. The molecule has 0 atom stereocenters. The Morgan fingerprint density at radius 1 is 0.405 bits per heavy atom. The average molecular weight is 541 g/mol. The SMILES string of the molecule is CCCCCCCCCCC[14CH2]OCCOCCOCCOCCOCCOCCOCCOCCO. The highest BCUT2D eigenvalue weighted by atomic mass is 16.7. The topological polar surface area (TPSA) is 94.1 Å². The minimum Gasteiger partial charge on any atom is -0.394 e. The van der Waals surface area contributed by atoms with Crippen molar-refractivity contribution in [2.75, 3.05) is 112 Å². The van der Waals surface area contributed by atoms with Crippen molar-refractivity contribution in [3.8, 4) is 0 Å². The third-order valence-corrected chi connectivity index (χ3v) is 5.48. The molecular weight excluding hydrogens is 482 g/mol. The smallest absolute Gasteiger partial charge is 0.0701 e. The molecule has 37 heavy (non-hydrogen) atoms. The standard InChI is InChI=1S/C28H58O9/c1-2-3-4-5-6-7-8-9-10-11-13-30-15-17-32-19-21-34-23-25-36-27-28-37-26-24-35-22-20-33-18-16-31-14-12-29/h29H,2-28H2,1H3/i13+2. The van der Waals surface area contributed by atoms with Crippen LogP contribution in [0.3, 0.4) is 0 Å². The van der Waals surface area contributed by atoms with Gasteiger partial charge in [-0.15, -0.1) is 0 Å². The zero-order chi connectivity index (χ0) is 26.7. The molecule has 0 unspecified atom stereocenters. The Hall–Kier alpha value is -0.360. The van der Waals surface area contributed by atoms with Gasteiger partial charge in [0.25, 0.3) is 0 Å². The summed E-state index contributed by atoms with van der Waals surface area (Å²) in [5, 5.41) is 8.56. The van der Waals surface area contributed by atoms with Gasteiger partial charge in [0.1, 0.15) is 0 Å². The Morgan fingerprint density at radius 2 is 0.730 bits per heavy atom. The van der Waals surface area contributed by atoms with Gasteiger partial charge in [-0.3, -0.25) is 0 Å². The molecule has 0 fully saturated rings. The van der Waals surface area contributed by atoms with Crippen LogP contribution in [0, 0.1) is 0 Å². The van der Waals surface area contributed by atoms with Gasteiger partial charge in [0.2, 0.25) is 0 Å². The van der Waals surface area contributed by atoms with Crippen LogP contribution in [0.4, 0.5) is 0 Å². The lowest BCUT2D eigenvalue weighted by atomic mass is 10.1. The Bertz CT molecular complexity index is 355. The zero-order valence-corrected chi connectivity index (χ0v) is 23.8. The lowest BCUT2D eigenvalue weighted by Gasteiger charge is -2.08. The summed E-state index contributed by atoms with van der Waals surface area (Å²) in [6.45, 7) is 11.1. The zero-order valence-electron chi connectivity index (χ0n) is 23.8. The van der Waals surface area contributed by atoms with E-state index in [4.69, 9.17) is 43.0 Å². The van der Waals surface area contributed by atoms with E-state index in [1.54, 1.807) is 0 Å². The highest BCUT2D eigenvalue weighted by molar-refractivity contribution is 4.47. The molecule has 9 heteroatoms. The van der Waals surface area contributed by atoms with Crippen LogP contribution in [0.15, 0.2) is 0 Å². The third-order valence-electron chi connectivity index (χ3n) is 5.48. The maximum atomic E-state index is 8.56. The van der Waals surface area contributed by atoms with E-state index in [9.17, 15) is 0 Å². The minimum atomic E-state index is 0.0352. The number of rotatable bonds is 34. The molecule has 0 bridgehead atoms. The molecule has 0 radical (unpaired) electrons. The maximum absolute atomic E-state index is 8.56. The van der Waals surface area contributed by atoms with Crippen LogP contribution < -0.4 is 0 Å². The first kappa shape index (κ1) is 36.6. The van der Waals surface area contributed by atoms with Crippen molar-refractivity contribution in [1.82, 2.24) is 0 Å². The van der Waals surface area contributed by atoms with Gasteiger partial charge < -0.3 is 43.0 Å². The Labute approximate surface area is 226 Å². The lowest BCUT2D eigenvalue weighted by Crippen LogP contribution is -2.15. The molecule has 1 N–H and O–H groups in total. The normalized spacial score (nSPS) is 11.5. The third kappa shape index (κ3) is 35.6. The van der Waals surface area contributed by atoms with Gasteiger partial charge in [-0.25, -0.2) is 0 Å². The summed E-state index contributed by atoms with van der Waals surface area (Å²) in [6, 6.07) is 0. The molecule has 0 rings (SSSR count). The van der Waals surface area contributed by atoms with Crippen molar-refractivity contribution >= 4 is 0 Å². The molecule has 0 aliphatic heterocycles. The van der Waals surface area contributed by atoms with Crippen molar-refractivity contribution in [3.63, 3.8) is 0 Å². The predicted octanol–water partition coefficient (Wildman–Crippen LogP) is 4.03. The summed E-state index contributed by atoms with van der Waals surface area (Å²) in [6.07, 6.45) is 13.4. The molecule has 0 spiro atoms. The van der Waals surface area contributed by atoms with E-state index < -0.39 is 0 Å². The van der Waals surface area contributed by atoms with Crippen molar-refractivity contribution in [2.24, 2.45) is 0 Å². The van der Waals surface area contributed by atoms with E-state index in [1.165, 1.54) is 57.8 Å². The van der Waals surface area contributed by atoms with Crippen molar-refractivity contribution < 1.29 is 43.0 Å². The second kappa shape index (κ2) is 35.6. The molecular formula is C28H58O9. The van der Waals surface area contributed by atoms with E-state index >= 15 is 0 Å². The fourth-order valence-electron chi connectivity index (χ4n) is 3.40. The summed E-state index contributed by atoms with van der Waals surface area (Å²) in [5.41, 5.74) is 0. The molecule has 0 aliphatic rings. The second-order valence-corrected chi connectivity index (χ2v) is 8.80. The van der Waals surface area contributed by atoms with Crippen molar-refractivity contribution in [2.45, 2.75) is 71.1 Å². The molecule has 0 saturated heterocycles. The fourth-order valence-corrected chi connectivity index (χ4v) is 3.40. The van der Waals surface area contributed by atoms with Gasteiger partial charge in [-0.2, -0.15) is 0 Å². The molecule has 0 saturated carbocycles. The first-order valence-electron chi connectivity index (χ1n) is 14.6. The molecule has 224 valence electrons. The Morgan fingerprint density at radius 3 is 1.11 bits per heavy atom. The van der Waals surface area contributed by atoms with E-state index in [1.807, 2.05) is 0 Å². The van der Waals surface area contributed by atoms with Gasteiger partial charge in [-0.05, 0) is 6.42 Å². The van der Waals surface area contributed by atoms with E-state index in [0.29, 0.717) is 99.1 Å². The Balaban J connectivity index is 3.00. The number of hydrogen-bond acceptors (Lipinski definition) is 9. The molecule has 0 amide bonds. The van der Waals surface area contributed by atoms with E-state index in [-0.39, 0.29) is 6.61 Å². The molecule has 0 aromatic rings. The highest BCUT2D eigenvalue weighted by Gasteiger charge is 1.96. The number of unbranched alkanes of at least 4 members (excludes halogenated alkanes) is 9. The predicted molar refractivity (Wildman–Crippen MR) is 145 cm³/mol. The van der Waals surface area contributed by atoms with Crippen LogP contribution in [-0.2, 0) is 37.9 Å². The molecule has 0 aliphatic carbocycles. The summed E-state index contributed by atoms with van der Waals surface area (Å²) >= 11 is 0. The number of ether oxygens (including phenoxy) is 8. The lowest BCUT2D eigenvalue weighted by molar-refractivity contribution is -0.0238. The van der Waals surface area contributed by atoms with Gasteiger partial charge in [0, 0.05) is 6.61 Å². The number of aliphatic hydroxyl groups is 1. The molecule has 0 heterocycles. The fraction of sp³-hybridized carbons (Fsp3) is 1.00. The minimum absolute atomic E-state index is 0.0352. The van der Waals surface area contributed by atoms with Crippen LogP contribution >= 0.6 is 0 Å². The summed E-state index contributed by atoms with van der Waals surface area (Å²) in [7, 11) is 0. The highest BCUT2D eigenvalue weighted by Crippen LogP contribution is 2.10. The first-order chi connectivity index (χ1) is 18.4. The van der Waals surface area contributed by atoms with Crippen LogP contribution in [0.1, 0.15) is 71.1 Å². The van der Waals surface area contributed by atoms with Gasteiger partial charge in [-0.1, -0.05) is 64.7 Å². The van der Waals surface area contributed by atoms with Crippen LogP contribution in [0.25, 0.3) is 0 Å². The molecule has 9 nitrogen and oxygen atoms in total. The van der Waals surface area contributed by atoms with Crippen molar-refractivity contribution in [1.29, 1.82) is 0 Å². The molecule has 0 aromatic heterocycles. The van der Waals surface area contributed by atoms with Crippen LogP contribution in [0.5, 0.6) is 0 Å². The van der Waals surface area contributed by atoms with E-state index in [2.05, 4.69) is 6.92 Å². The molecule has 0 aromatic carbocycles. The average Bonchev–Trinajstić information content (AvgIpc) is 2.91. The summed E-state index contributed by atoms with van der Waals surface area (Å²) in [5.74, 6) is 0. The van der Waals surface area contributed by atoms with Crippen LogP contribution in [0.2, 0.25) is 0 Å². The number of hydrogen-bond donors (Lipinski definition) is 1. The Kier molecular flexibility index (Phi) is 35.3. The van der Waals surface area contributed by atoms with Gasteiger partial charge >= 0.3 is 0 Å². The van der Waals surface area contributed by atoms with E-state index in [0.717, 1.165) is 13.0 Å². The summed E-state index contributed by atoms with van der Waals surface area (Å²) < 4.78 is 43.4. The monoisotopic (exact) mass is 540 g/mol. The van der Waals surface area contributed by atoms with Crippen molar-refractivity contribution in [3.05, 3.63) is 0 Å². The summed E-state index contributed by atoms with van der Waals surface area (Å²) in [4.78, 5) is 0. The second-order valence-electron chi connectivity index (χ2n) is 8.80. The maximum Gasteiger partial charge on any atom is 0.0701 e.